The molecule has 0 radical (unpaired) electrons. The van der Waals surface area contributed by atoms with Crippen molar-refractivity contribution in [2.24, 2.45) is 5.92 Å². The molecule has 82 valence electrons. The van der Waals surface area contributed by atoms with E-state index in [0.717, 1.165) is 4.82 Å². The molecule has 0 aliphatic heterocycles. The Morgan fingerprint density at radius 2 is 1.93 bits per heavy atom. The van der Waals surface area contributed by atoms with Crippen molar-refractivity contribution >= 4 is 31.0 Å². The van der Waals surface area contributed by atoms with Gasteiger partial charge >= 0.3 is 104 Å². The van der Waals surface area contributed by atoms with Crippen LogP contribution in [0, 0.1) is 5.92 Å². The molecule has 2 rings (SSSR count). The van der Waals surface area contributed by atoms with Crippen molar-refractivity contribution in [1.29, 1.82) is 0 Å². The molecule has 15 heavy (non-hydrogen) atoms. The first-order valence-corrected chi connectivity index (χ1v) is 7.91. The Morgan fingerprint density at radius 1 is 1.20 bits per heavy atom. The zero-order valence-electron chi connectivity index (χ0n) is 9.03. The van der Waals surface area contributed by atoms with E-state index in [1.54, 1.807) is 0 Å². The Labute approximate surface area is 104 Å². The molecule has 0 nitrogen and oxygen atoms in total. The van der Waals surface area contributed by atoms with Gasteiger partial charge in [0.25, 0.3) is 0 Å². The zero-order chi connectivity index (χ0) is 10.7. The molecule has 0 saturated heterocycles. The van der Waals surface area contributed by atoms with E-state index in [1.165, 1.54) is 23.7 Å². The second-order valence-corrected chi connectivity index (χ2v) is 7.59. The molecule has 1 fully saturated rings. The van der Waals surface area contributed by atoms with Crippen LogP contribution >= 0.6 is 11.6 Å². The van der Waals surface area contributed by atoms with Crippen LogP contribution in [-0.2, 0) is 0 Å². The van der Waals surface area contributed by atoms with Gasteiger partial charge < -0.3 is 0 Å². The summed E-state index contributed by atoms with van der Waals surface area (Å²) < 4.78 is 1.52. The topological polar surface area (TPSA) is 0 Å². The van der Waals surface area contributed by atoms with Crippen molar-refractivity contribution in [2.75, 3.05) is 0 Å². The van der Waals surface area contributed by atoms with E-state index in [9.17, 15) is 0 Å². The molecule has 2 heteroatoms. The quantitative estimate of drug-likeness (QED) is 0.579. The van der Waals surface area contributed by atoms with Crippen molar-refractivity contribution < 1.29 is 0 Å². The maximum absolute atomic E-state index is 6.34. The molecule has 0 bridgehead atoms. The Kier molecular flexibility index (Phi) is 4.13. The van der Waals surface area contributed by atoms with Gasteiger partial charge in [0.1, 0.15) is 0 Å². The third kappa shape index (κ3) is 3.00. The van der Waals surface area contributed by atoms with E-state index in [0.29, 0.717) is 26.3 Å². The van der Waals surface area contributed by atoms with Crippen molar-refractivity contribution in [2.45, 2.75) is 36.4 Å². The van der Waals surface area contributed by atoms with Crippen LogP contribution in [0.3, 0.4) is 0 Å². The Hall–Kier alpha value is 0.0295. The summed E-state index contributed by atoms with van der Waals surface area (Å²) in [5, 5.41) is 0.411. The fraction of sp³-hybridized carbons (Fsp3) is 0.538. The van der Waals surface area contributed by atoms with Gasteiger partial charge in [-0.05, 0) is 0 Å². The second-order valence-electron chi connectivity index (χ2n) is 4.28. The molecule has 0 spiro atoms. The number of hydrogen-bond acceptors (Lipinski definition) is 0. The van der Waals surface area contributed by atoms with E-state index in [4.69, 9.17) is 11.6 Å². The predicted octanol–water partition coefficient (Wildman–Crippen LogP) is 3.23. The first-order chi connectivity index (χ1) is 7.27. The van der Waals surface area contributed by atoms with E-state index in [-0.39, 0.29) is 0 Å². The number of alkyl halides is 1. The van der Waals surface area contributed by atoms with Gasteiger partial charge in [-0.1, -0.05) is 0 Å². The van der Waals surface area contributed by atoms with Crippen LogP contribution in [0.5, 0.6) is 0 Å². The molecule has 0 heterocycles. The number of halogens is 1. The molecular formula is C13H17ClSe. The van der Waals surface area contributed by atoms with E-state index in [1.807, 2.05) is 0 Å². The molecule has 1 saturated carbocycles. The summed E-state index contributed by atoms with van der Waals surface area (Å²) in [6.07, 6.45) is 3.90. The zero-order valence-corrected chi connectivity index (χ0v) is 11.5. The Bertz CT molecular complexity index is 299. The normalized spacial score (nSPS) is 31.5. The van der Waals surface area contributed by atoms with E-state index >= 15 is 0 Å². The number of hydrogen-bond donors (Lipinski definition) is 0. The third-order valence-corrected chi connectivity index (χ3v) is 6.94. The minimum absolute atomic E-state index is 0.411. The standard InChI is InChI=1S/C13H17ClSe/c1-10-12(14)8-5-9-13(10)15-11-6-3-2-4-7-11/h2-4,6-7,10,12-13H,5,8-9H2,1H3/t10-,12+,13+/m0/s1. The average Bonchev–Trinajstić information content (AvgIpc) is 2.26. The van der Waals surface area contributed by atoms with Crippen LogP contribution in [0.2, 0.25) is 4.82 Å². The summed E-state index contributed by atoms with van der Waals surface area (Å²) in [7, 11) is 0. The SMILES string of the molecule is C[C@H]1[C@H](Cl)CCC[C@H]1[Se]c1ccccc1. The molecule has 1 aliphatic carbocycles. The number of benzene rings is 1. The molecule has 0 N–H and O–H groups in total. The summed E-state index contributed by atoms with van der Waals surface area (Å²) in [6.45, 7) is 2.33. The van der Waals surface area contributed by atoms with E-state index < -0.39 is 0 Å². The fourth-order valence-electron chi connectivity index (χ4n) is 2.11. The van der Waals surface area contributed by atoms with Gasteiger partial charge in [-0.3, -0.25) is 0 Å². The molecule has 1 aromatic carbocycles. The van der Waals surface area contributed by atoms with Gasteiger partial charge in [0.15, 0.2) is 0 Å². The fourth-order valence-corrected chi connectivity index (χ4v) is 5.48. The summed E-state index contributed by atoms with van der Waals surface area (Å²) in [6, 6.07) is 10.9. The van der Waals surface area contributed by atoms with Crippen molar-refractivity contribution in [1.82, 2.24) is 0 Å². The van der Waals surface area contributed by atoms with Gasteiger partial charge in [-0.25, -0.2) is 0 Å². The van der Waals surface area contributed by atoms with Crippen LogP contribution in [0.25, 0.3) is 0 Å². The maximum atomic E-state index is 6.34. The second kappa shape index (κ2) is 5.39. The molecule has 1 aromatic rings. The average molecular weight is 288 g/mol. The van der Waals surface area contributed by atoms with E-state index in [2.05, 4.69) is 37.3 Å². The first kappa shape index (κ1) is 11.5. The van der Waals surface area contributed by atoms with Gasteiger partial charge in [0, 0.05) is 0 Å². The monoisotopic (exact) mass is 288 g/mol. The van der Waals surface area contributed by atoms with Crippen LogP contribution in [0.1, 0.15) is 26.2 Å². The van der Waals surface area contributed by atoms with Crippen molar-refractivity contribution in [3.8, 4) is 0 Å². The van der Waals surface area contributed by atoms with Crippen molar-refractivity contribution in [3.63, 3.8) is 0 Å². The summed E-state index contributed by atoms with van der Waals surface area (Å²) in [5.41, 5.74) is 0. The number of rotatable bonds is 2. The molecular weight excluding hydrogens is 271 g/mol. The van der Waals surface area contributed by atoms with Gasteiger partial charge in [-0.2, -0.15) is 0 Å². The summed E-state index contributed by atoms with van der Waals surface area (Å²) in [4.78, 5) is 0.844. The molecule has 1 aliphatic rings. The summed E-state index contributed by atoms with van der Waals surface area (Å²) in [5.74, 6) is 0.695. The van der Waals surface area contributed by atoms with Crippen LogP contribution in [0.15, 0.2) is 30.3 Å². The van der Waals surface area contributed by atoms with Gasteiger partial charge in [-0.15, -0.1) is 0 Å². The Morgan fingerprint density at radius 3 is 2.67 bits per heavy atom. The van der Waals surface area contributed by atoms with Crippen LogP contribution < -0.4 is 4.46 Å². The van der Waals surface area contributed by atoms with Crippen LogP contribution in [-0.4, -0.2) is 20.3 Å². The Balaban J connectivity index is 1.99. The molecule has 0 unspecified atom stereocenters. The molecule has 0 amide bonds. The minimum atomic E-state index is 0.411. The first-order valence-electron chi connectivity index (χ1n) is 5.63. The van der Waals surface area contributed by atoms with Gasteiger partial charge in [0.2, 0.25) is 0 Å². The third-order valence-electron chi connectivity index (χ3n) is 3.16. The summed E-state index contributed by atoms with van der Waals surface area (Å²) >= 11 is 6.94. The predicted molar refractivity (Wildman–Crippen MR) is 68.2 cm³/mol. The molecule has 0 aromatic heterocycles. The van der Waals surface area contributed by atoms with Crippen LogP contribution in [0.4, 0.5) is 0 Å². The van der Waals surface area contributed by atoms with Crippen molar-refractivity contribution in [3.05, 3.63) is 30.3 Å². The van der Waals surface area contributed by atoms with Gasteiger partial charge in [0.05, 0.1) is 0 Å². The molecule has 3 atom stereocenters.